The van der Waals surface area contributed by atoms with Crippen molar-refractivity contribution in [2.75, 3.05) is 40.5 Å². The van der Waals surface area contributed by atoms with Crippen molar-refractivity contribution in [3.63, 3.8) is 0 Å². The molecule has 6 nitrogen and oxygen atoms in total. The van der Waals surface area contributed by atoms with E-state index >= 15 is 0 Å². The molecule has 3 aliphatic heterocycles. The molecule has 4 atom stereocenters. The monoisotopic (exact) mass is 482 g/mol. The van der Waals surface area contributed by atoms with Gasteiger partial charge in [-0.1, -0.05) is 36.4 Å². The Kier molecular flexibility index (Phi) is 7.48. The number of hydrogen-bond acceptors (Lipinski definition) is 5. The quantitative estimate of drug-likeness (QED) is 0.652. The maximum absolute atomic E-state index is 14.0. The minimum Gasteiger partial charge on any atom is -0.381 e. The van der Waals surface area contributed by atoms with Crippen LogP contribution in [0.1, 0.15) is 42.0 Å². The maximum Gasteiger partial charge on any atom is 0.252 e. The first-order valence-corrected chi connectivity index (χ1v) is 12.6. The summed E-state index contributed by atoms with van der Waals surface area (Å²) < 4.78 is 31.1. The molecule has 0 aliphatic carbocycles. The van der Waals surface area contributed by atoms with Crippen molar-refractivity contribution in [3.05, 3.63) is 71.0 Å². The molecule has 0 unspecified atom stereocenters. The van der Waals surface area contributed by atoms with Crippen molar-refractivity contribution < 1.29 is 23.4 Å². The lowest BCUT2D eigenvalue weighted by atomic mass is 9.87. The number of fused-ring (bicyclic) bond motifs is 1. The number of carbonyl (C=O) groups is 1. The minimum absolute atomic E-state index is 0.000147. The second-order valence-corrected chi connectivity index (χ2v) is 9.80. The van der Waals surface area contributed by atoms with Crippen LogP contribution in [-0.4, -0.2) is 80.5 Å². The first kappa shape index (κ1) is 24.4. The van der Waals surface area contributed by atoms with E-state index < -0.39 is 6.10 Å². The van der Waals surface area contributed by atoms with E-state index in [1.54, 1.807) is 26.4 Å². The highest BCUT2D eigenvalue weighted by Crippen LogP contribution is 2.37. The molecule has 3 heterocycles. The Labute approximate surface area is 206 Å². The van der Waals surface area contributed by atoms with Gasteiger partial charge in [0.25, 0.3) is 5.91 Å². The van der Waals surface area contributed by atoms with Crippen LogP contribution in [-0.2, 0) is 25.4 Å². The van der Waals surface area contributed by atoms with Gasteiger partial charge in [0.2, 0.25) is 0 Å². The van der Waals surface area contributed by atoms with Crippen LogP contribution < -0.4 is 0 Å². The molecule has 0 bridgehead atoms. The summed E-state index contributed by atoms with van der Waals surface area (Å²) in [7, 11) is 3.49. The van der Waals surface area contributed by atoms with Gasteiger partial charge in [-0.2, -0.15) is 0 Å². The summed E-state index contributed by atoms with van der Waals surface area (Å²) >= 11 is 0. The number of likely N-dealkylation sites (tertiary alicyclic amines) is 1. The van der Waals surface area contributed by atoms with Gasteiger partial charge in [0.05, 0.1) is 24.9 Å². The zero-order chi connectivity index (χ0) is 24.4. The molecule has 2 aromatic rings. The Morgan fingerprint density at radius 1 is 1.00 bits per heavy atom. The summed E-state index contributed by atoms with van der Waals surface area (Å²) in [6, 6.07) is 14.6. The van der Waals surface area contributed by atoms with E-state index in [9.17, 15) is 9.18 Å². The SMILES string of the molecule is COC1CCN([C@H]2C[C@H](C(=O)N3CCc4ccccc4[C@@H]3c3ccc(F)cc3)OC[C@@H]2OC)CC1. The third-order valence-corrected chi connectivity index (χ3v) is 7.96. The predicted octanol–water partition coefficient (Wildman–Crippen LogP) is 3.58. The second-order valence-electron chi connectivity index (χ2n) is 9.80. The number of piperidine rings is 1. The molecule has 2 aromatic carbocycles. The normalized spacial score (nSPS) is 28.0. The summed E-state index contributed by atoms with van der Waals surface area (Å²) in [5.74, 6) is -0.280. The largest absolute Gasteiger partial charge is 0.381 e. The number of carbonyl (C=O) groups excluding carboxylic acids is 1. The average Bonchev–Trinajstić information content (AvgIpc) is 2.92. The third kappa shape index (κ3) is 5.00. The highest BCUT2D eigenvalue weighted by Gasteiger charge is 2.43. The molecule has 2 fully saturated rings. The average molecular weight is 483 g/mol. The lowest BCUT2D eigenvalue weighted by Gasteiger charge is -2.46. The molecular weight excluding hydrogens is 447 g/mol. The standard InChI is InChI=1S/C28H35FN2O4/c1-33-22-12-14-30(15-13-22)24-17-25(35-18-26(24)34-2)28(32)31-16-11-19-5-3-4-6-23(19)27(31)20-7-9-21(29)10-8-20/h3-10,22,24-27H,11-18H2,1-2H3/t24-,25+,26-,27-/m0/s1. The topological polar surface area (TPSA) is 51.2 Å². The van der Waals surface area contributed by atoms with E-state index in [0.717, 1.165) is 43.5 Å². The van der Waals surface area contributed by atoms with Gasteiger partial charge >= 0.3 is 0 Å². The summed E-state index contributed by atoms with van der Waals surface area (Å²) in [6.45, 7) is 2.86. The first-order chi connectivity index (χ1) is 17.1. The maximum atomic E-state index is 14.0. The van der Waals surface area contributed by atoms with Crippen LogP contribution in [0.4, 0.5) is 4.39 Å². The Morgan fingerprint density at radius 2 is 1.74 bits per heavy atom. The molecule has 35 heavy (non-hydrogen) atoms. The number of ether oxygens (including phenoxy) is 3. The number of amides is 1. The number of rotatable bonds is 5. The smallest absolute Gasteiger partial charge is 0.252 e. The first-order valence-electron chi connectivity index (χ1n) is 12.6. The fourth-order valence-corrected chi connectivity index (χ4v) is 5.98. The number of halogens is 1. The fourth-order valence-electron chi connectivity index (χ4n) is 5.98. The van der Waals surface area contributed by atoms with Crippen LogP contribution in [0.25, 0.3) is 0 Å². The Balaban J connectivity index is 1.38. The molecule has 1 amide bonds. The van der Waals surface area contributed by atoms with E-state index in [0.29, 0.717) is 25.7 Å². The van der Waals surface area contributed by atoms with Crippen molar-refractivity contribution in [3.8, 4) is 0 Å². The van der Waals surface area contributed by atoms with Crippen LogP contribution in [0.2, 0.25) is 0 Å². The predicted molar refractivity (Wildman–Crippen MR) is 131 cm³/mol. The molecule has 0 saturated carbocycles. The fraction of sp³-hybridized carbons (Fsp3) is 0.536. The molecule has 0 N–H and O–H groups in total. The summed E-state index contributed by atoms with van der Waals surface area (Å²) in [5, 5.41) is 0. The molecule has 0 aromatic heterocycles. The van der Waals surface area contributed by atoms with Crippen LogP contribution in [0, 0.1) is 5.82 Å². The molecule has 3 aliphatic rings. The van der Waals surface area contributed by atoms with E-state index in [2.05, 4.69) is 17.0 Å². The van der Waals surface area contributed by atoms with Crippen LogP contribution in [0.15, 0.2) is 48.5 Å². The van der Waals surface area contributed by atoms with Gasteiger partial charge in [-0.05, 0) is 48.1 Å². The Bertz CT molecular complexity index is 1010. The Hall–Kier alpha value is -2.32. The molecule has 5 rings (SSSR count). The van der Waals surface area contributed by atoms with Gasteiger partial charge in [-0.15, -0.1) is 0 Å². The van der Waals surface area contributed by atoms with Crippen molar-refractivity contribution in [2.24, 2.45) is 0 Å². The number of nitrogens with zero attached hydrogens (tertiary/aromatic N) is 2. The van der Waals surface area contributed by atoms with E-state index in [-0.39, 0.29) is 29.9 Å². The molecule has 188 valence electrons. The van der Waals surface area contributed by atoms with Gasteiger partial charge in [0, 0.05) is 46.3 Å². The van der Waals surface area contributed by atoms with E-state index in [4.69, 9.17) is 14.2 Å². The molecule has 7 heteroatoms. The summed E-state index contributed by atoms with van der Waals surface area (Å²) in [6.07, 6.45) is 3.07. The minimum atomic E-state index is -0.528. The zero-order valence-electron chi connectivity index (χ0n) is 20.6. The highest BCUT2D eigenvalue weighted by molar-refractivity contribution is 5.82. The van der Waals surface area contributed by atoms with Gasteiger partial charge in [0.1, 0.15) is 11.9 Å². The Morgan fingerprint density at radius 3 is 2.46 bits per heavy atom. The molecule has 0 spiro atoms. The van der Waals surface area contributed by atoms with Crippen molar-refractivity contribution >= 4 is 5.91 Å². The van der Waals surface area contributed by atoms with Crippen molar-refractivity contribution in [2.45, 2.75) is 56.1 Å². The van der Waals surface area contributed by atoms with Gasteiger partial charge in [0.15, 0.2) is 0 Å². The lowest BCUT2D eigenvalue weighted by molar-refractivity contribution is -0.164. The van der Waals surface area contributed by atoms with Gasteiger partial charge < -0.3 is 19.1 Å². The van der Waals surface area contributed by atoms with Crippen molar-refractivity contribution in [1.29, 1.82) is 0 Å². The van der Waals surface area contributed by atoms with E-state index in [1.165, 1.54) is 17.7 Å². The lowest BCUT2D eigenvalue weighted by Crippen LogP contribution is -2.58. The van der Waals surface area contributed by atoms with Crippen LogP contribution in [0.5, 0.6) is 0 Å². The molecular formula is C28H35FN2O4. The summed E-state index contributed by atoms with van der Waals surface area (Å²) in [4.78, 5) is 18.4. The van der Waals surface area contributed by atoms with Crippen LogP contribution >= 0.6 is 0 Å². The zero-order valence-corrected chi connectivity index (χ0v) is 20.6. The molecule has 2 saturated heterocycles. The van der Waals surface area contributed by atoms with Crippen molar-refractivity contribution in [1.82, 2.24) is 9.80 Å². The van der Waals surface area contributed by atoms with E-state index in [1.807, 2.05) is 17.0 Å². The molecule has 0 radical (unpaired) electrons. The second kappa shape index (κ2) is 10.7. The van der Waals surface area contributed by atoms with Gasteiger partial charge in [-0.3, -0.25) is 9.69 Å². The number of methoxy groups -OCH3 is 2. The summed E-state index contributed by atoms with van der Waals surface area (Å²) in [5.41, 5.74) is 3.24. The third-order valence-electron chi connectivity index (χ3n) is 7.96. The van der Waals surface area contributed by atoms with Crippen LogP contribution in [0.3, 0.4) is 0 Å². The number of hydrogen-bond donors (Lipinski definition) is 0. The van der Waals surface area contributed by atoms with Gasteiger partial charge in [-0.25, -0.2) is 4.39 Å². The number of benzene rings is 2. The highest BCUT2D eigenvalue weighted by atomic mass is 19.1.